The van der Waals surface area contributed by atoms with Crippen LogP contribution in [-0.4, -0.2) is 4.98 Å². The summed E-state index contributed by atoms with van der Waals surface area (Å²) in [5.74, 6) is -0.690. The standard InChI is InChI=1S/C19H11FN4O/c20-16-8-12(6-7-13(16)11-4-2-1-3-5-11)17-14(9-21)18(23)24-19(25)15(17)10-22/h1-8H,(H3,23,24,25). The van der Waals surface area contributed by atoms with E-state index in [9.17, 15) is 19.7 Å². The highest BCUT2D eigenvalue weighted by atomic mass is 19.1. The molecule has 25 heavy (non-hydrogen) atoms. The zero-order valence-corrected chi connectivity index (χ0v) is 12.9. The third kappa shape index (κ3) is 2.73. The zero-order valence-electron chi connectivity index (χ0n) is 12.9. The Morgan fingerprint density at radius 2 is 1.64 bits per heavy atom. The van der Waals surface area contributed by atoms with Crippen molar-refractivity contribution in [3.05, 3.63) is 75.8 Å². The fraction of sp³-hybridized carbons (Fsp3) is 0. The first-order valence-electron chi connectivity index (χ1n) is 7.28. The summed E-state index contributed by atoms with van der Waals surface area (Å²) in [4.78, 5) is 14.2. The fourth-order valence-electron chi connectivity index (χ4n) is 2.65. The maximum Gasteiger partial charge on any atom is 0.268 e. The van der Waals surface area contributed by atoms with Crippen LogP contribution in [0.25, 0.3) is 22.3 Å². The first kappa shape index (κ1) is 16.0. The Morgan fingerprint density at radius 3 is 2.24 bits per heavy atom. The molecule has 0 aliphatic heterocycles. The van der Waals surface area contributed by atoms with Gasteiger partial charge in [0.25, 0.3) is 5.56 Å². The number of nitriles is 2. The predicted octanol–water partition coefficient (Wildman–Crippen LogP) is 3.17. The normalized spacial score (nSPS) is 10.0. The number of hydrogen-bond donors (Lipinski definition) is 2. The van der Waals surface area contributed by atoms with E-state index in [0.717, 1.165) is 0 Å². The molecule has 0 bridgehead atoms. The summed E-state index contributed by atoms with van der Waals surface area (Å²) < 4.78 is 14.6. The van der Waals surface area contributed by atoms with E-state index in [2.05, 4.69) is 4.98 Å². The molecule has 1 aromatic heterocycles. The Morgan fingerprint density at radius 1 is 0.960 bits per heavy atom. The molecule has 0 unspecified atom stereocenters. The lowest BCUT2D eigenvalue weighted by Gasteiger charge is -2.10. The Bertz CT molecular complexity index is 1110. The van der Waals surface area contributed by atoms with Crippen molar-refractivity contribution in [2.24, 2.45) is 0 Å². The van der Waals surface area contributed by atoms with Crippen LogP contribution in [0.15, 0.2) is 53.3 Å². The Kier molecular flexibility index (Phi) is 4.03. The van der Waals surface area contributed by atoms with Gasteiger partial charge in [-0.25, -0.2) is 4.39 Å². The van der Waals surface area contributed by atoms with E-state index in [1.807, 2.05) is 12.1 Å². The number of pyridine rings is 1. The largest absolute Gasteiger partial charge is 0.384 e. The van der Waals surface area contributed by atoms with Crippen LogP contribution in [0.3, 0.4) is 0 Å². The van der Waals surface area contributed by atoms with E-state index in [-0.39, 0.29) is 28.1 Å². The summed E-state index contributed by atoms with van der Waals surface area (Å²) in [7, 11) is 0. The number of H-pyrrole nitrogens is 1. The van der Waals surface area contributed by atoms with E-state index in [1.165, 1.54) is 6.07 Å². The zero-order chi connectivity index (χ0) is 18.0. The number of nitrogen functional groups attached to an aromatic ring is 1. The van der Waals surface area contributed by atoms with Crippen molar-refractivity contribution in [1.82, 2.24) is 4.98 Å². The second-order valence-corrected chi connectivity index (χ2v) is 5.28. The number of hydrogen-bond acceptors (Lipinski definition) is 4. The van der Waals surface area contributed by atoms with Crippen LogP contribution in [0.5, 0.6) is 0 Å². The number of benzene rings is 2. The van der Waals surface area contributed by atoms with Crippen molar-refractivity contribution in [3.8, 4) is 34.4 Å². The molecule has 3 rings (SSSR count). The molecule has 0 amide bonds. The van der Waals surface area contributed by atoms with Gasteiger partial charge in [-0.15, -0.1) is 0 Å². The summed E-state index contributed by atoms with van der Waals surface area (Å²) in [5.41, 5.74) is 5.94. The number of nitrogens with zero attached hydrogens (tertiary/aromatic N) is 2. The van der Waals surface area contributed by atoms with Crippen molar-refractivity contribution >= 4 is 5.82 Å². The maximum atomic E-state index is 14.6. The Hall–Kier alpha value is -3.90. The highest BCUT2D eigenvalue weighted by molar-refractivity contribution is 5.81. The SMILES string of the molecule is N#Cc1c(N)[nH]c(=O)c(C#N)c1-c1ccc(-c2ccccc2)c(F)c1. The van der Waals surface area contributed by atoms with Crippen molar-refractivity contribution in [1.29, 1.82) is 10.5 Å². The lowest BCUT2D eigenvalue weighted by atomic mass is 9.94. The molecule has 1 heterocycles. The molecule has 0 saturated carbocycles. The summed E-state index contributed by atoms with van der Waals surface area (Å²) in [6, 6.07) is 16.9. The quantitative estimate of drug-likeness (QED) is 0.752. The van der Waals surface area contributed by atoms with Gasteiger partial charge in [-0.1, -0.05) is 42.5 Å². The number of nitrogens with two attached hydrogens (primary N) is 1. The van der Waals surface area contributed by atoms with E-state index in [0.29, 0.717) is 11.1 Å². The number of aromatic nitrogens is 1. The number of anilines is 1. The maximum absolute atomic E-state index is 14.6. The lowest BCUT2D eigenvalue weighted by Crippen LogP contribution is -2.16. The highest BCUT2D eigenvalue weighted by Crippen LogP contribution is 2.31. The number of rotatable bonds is 2. The Balaban J connectivity index is 2.26. The monoisotopic (exact) mass is 330 g/mol. The van der Waals surface area contributed by atoms with Crippen molar-refractivity contribution < 1.29 is 4.39 Å². The van der Waals surface area contributed by atoms with Crippen LogP contribution in [0, 0.1) is 28.5 Å². The lowest BCUT2D eigenvalue weighted by molar-refractivity contribution is 0.632. The van der Waals surface area contributed by atoms with E-state index >= 15 is 0 Å². The second kappa shape index (κ2) is 6.31. The van der Waals surface area contributed by atoms with E-state index in [4.69, 9.17) is 5.73 Å². The minimum Gasteiger partial charge on any atom is -0.384 e. The van der Waals surface area contributed by atoms with Gasteiger partial charge in [0.1, 0.15) is 34.9 Å². The minimum atomic E-state index is -0.721. The van der Waals surface area contributed by atoms with Crippen molar-refractivity contribution in [3.63, 3.8) is 0 Å². The number of aromatic amines is 1. The highest BCUT2D eigenvalue weighted by Gasteiger charge is 2.19. The summed E-state index contributed by atoms with van der Waals surface area (Å²) in [5, 5.41) is 18.6. The summed E-state index contributed by atoms with van der Waals surface area (Å²) in [6.45, 7) is 0. The molecule has 5 nitrogen and oxygen atoms in total. The smallest absolute Gasteiger partial charge is 0.268 e. The molecule has 0 atom stereocenters. The molecule has 0 aliphatic carbocycles. The molecule has 3 N–H and O–H groups in total. The molecule has 0 aliphatic rings. The van der Waals surface area contributed by atoms with E-state index in [1.54, 1.807) is 42.5 Å². The molecule has 0 saturated heterocycles. The summed E-state index contributed by atoms with van der Waals surface area (Å²) >= 11 is 0. The fourth-order valence-corrected chi connectivity index (χ4v) is 2.65. The first-order chi connectivity index (χ1) is 12.1. The topological polar surface area (TPSA) is 106 Å². The minimum absolute atomic E-state index is 0.0322. The van der Waals surface area contributed by atoms with E-state index < -0.39 is 11.4 Å². The third-order valence-electron chi connectivity index (χ3n) is 3.81. The van der Waals surface area contributed by atoms with Gasteiger partial charge in [0, 0.05) is 11.1 Å². The van der Waals surface area contributed by atoms with Gasteiger partial charge in [0.2, 0.25) is 0 Å². The third-order valence-corrected chi connectivity index (χ3v) is 3.81. The number of halogens is 1. The average Bonchev–Trinajstić information content (AvgIpc) is 2.62. The molecular weight excluding hydrogens is 319 g/mol. The van der Waals surface area contributed by atoms with Gasteiger partial charge in [-0.2, -0.15) is 10.5 Å². The van der Waals surface area contributed by atoms with Crippen LogP contribution >= 0.6 is 0 Å². The molecule has 0 radical (unpaired) electrons. The summed E-state index contributed by atoms with van der Waals surface area (Å²) in [6.07, 6.45) is 0. The van der Waals surface area contributed by atoms with Gasteiger partial charge in [-0.05, 0) is 17.2 Å². The van der Waals surface area contributed by atoms with Crippen LogP contribution in [0.4, 0.5) is 10.2 Å². The molecule has 3 aromatic rings. The molecule has 2 aromatic carbocycles. The van der Waals surface area contributed by atoms with Crippen LogP contribution in [0.2, 0.25) is 0 Å². The van der Waals surface area contributed by atoms with Gasteiger partial charge < -0.3 is 10.7 Å². The van der Waals surface area contributed by atoms with Crippen molar-refractivity contribution in [2.45, 2.75) is 0 Å². The molecular formula is C19H11FN4O. The van der Waals surface area contributed by atoms with Crippen LogP contribution in [0.1, 0.15) is 11.1 Å². The van der Waals surface area contributed by atoms with Gasteiger partial charge in [0.05, 0.1) is 0 Å². The van der Waals surface area contributed by atoms with Crippen LogP contribution < -0.4 is 11.3 Å². The first-order valence-corrected chi connectivity index (χ1v) is 7.28. The molecule has 6 heteroatoms. The van der Waals surface area contributed by atoms with Crippen molar-refractivity contribution in [2.75, 3.05) is 5.73 Å². The van der Waals surface area contributed by atoms with Gasteiger partial charge in [-0.3, -0.25) is 4.79 Å². The molecule has 0 fully saturated rings. The van der Waals surface area contributed by atoms with Crippen LogP contribution in [-0.2, 0) is 0 Å². The average molecular weight is 330 g/mol. The predicted molar refractivity (Wildman–Crippen MR) is 91.7 cm³/mol. The van der Waals surface area contributed by atoms with Gasteiger partial charge >= 0.3 is 0 Å². The second-order valence-electron chi connectivity index (χ2n) is 5.28. The Labute approximate surface area is 142 Å². The number of nitrogens with one attached hydrogen (secondary N) is 1. The molecule has 0 spiro atoms. The van der Waals surface area contributed by atoms with Gasteiger partial charge in [0.15, 0.2) is 0 Å². The molecule has 120 valence electrons.